The van der Waals surface area contributed by atoms with Gasteiger partial charge in [-0.25, -0.2) is 0 Å². The zero-order valence-electron chi connectivity index (χ0n) is 13.4. The summed E-state index contributed by atoms with van der Waals surface area (Å²) in [5.41, 5.74) is 1.05. The molecule has 2 bridgehead atoms. The Bertz CT molecular complexity index is 753. The van der Waals surface area contributed by atoms with E-state index in [1.54, 1.807) is 10.9 Å². The lowest BCUT2D eigenvalue weighted by molar-refractivity contribution is -0.168. The molecule has 0 amide bonds. The third-order valence-electron chi connectivity index (χ3n) is 4.94. The van der Waals surface area contributed by atoms with E-state index >= 15 is 0 Å². The maximum atomic E-state index is 10.9. The van der Waals surface area contributed by atoms with Gasteiger partial charge in [0.1, 0.15) is 12.1 Å². The lowest BCUT2D eigenvalue weighted by atomic mass is 9.96. The van der Waals surface area contributed by atoms with E-state index in [0.29, 0.717) is 13.2 Å². The summed E-state index contributed by atoms with van der Waals surface area (Å²) in [7, 11) is 0. The molecule has 0 aliphatic carbocycles. The van der Waals surface area contributed by atoms with E-state index in [2.05, 4.69) is 10.4 Å². The smallest absolute Gasteiger partial charge is 0.231 e. The standard InChI is InChI=1S/C17H19N3O5/c21-16-14(18-7-10-2-3-11-12(6-10)24-9-23-11)13-8-22-17(25-13)15(16)20-5-1-4-19-20/h1-6,13-18,21H,7-9H2/t13-,14-,15-,16+,17-/m1/s1. The number of benzene rings is 1. The molecule has 2 saturated heterocycles. The Balaban J connectivity index is 1.33. The molecule has 0 saturated carbocycles. The highest BCUT2D eigenvalue weighted by atomic mass is 16.7. The van der Waals surface area contributed by atoms with Crippen LogP contribution in [0.4, 0.5) is 0 Å². The van der Waals surface area contributed by atoms with Crippen molar-refractivity contribution in [2.75, 3.05) is 13.4 Å². The number of nitrogens with zero attached hydrogens (tertiary/aromatic N) is 2. The molecule has 2 aromatic rings. The van der Waals surface area contributed by atoms with E-state index in [1.165, 1.54) is 0 Å². The predicted octanol–water partition coefficient (Wildman–Crippen LogP) is 0.427. The molecule has 2 fully saturated rings. The van der Waals surface area contributed by atoms with E-state index in [4.69, 9.17) is 18.9 Å². The Hall–Kier alpha value is -2.13. The van der Waals surface area contributed by atoms with Crippen molar-refractivity contribution in [1.82, 2.24) is 15.1 Å². The largest absolute Gasteiger partial charge is 0.454 e. The minimum atomic E-state index is -0.667. The summed E-state index contributed by atoms with van der Waals surface area (Å²) in [6.45, 7) is 1.29. The SMILES string of the molecule is O[C@H]1[C@H](NCc2ccc3c(c2)OCO3)[C@H]2CO[C@H](O2)[C@@H]1n1cccn1. The van der Waals surface area contributed by atoms with Crippen LogP contribution >= 0.6 is 0 Å². The summed E-state index contributed by atoms with van der Waals surface area (Å²) in [4.78, 5) is 0. The van der Waals surface area contributed by atoms with Crippen molar-refractivity contribution in [1.29, 1.82) is 0 Å². The first-order chi connectivity index (χ1) is 12.3. The molecular weight excluding hydrogens is 326 g/mol. The second-order valence-corrected chi connectivity index (χ2v) is 6.44. The van der Waals surface area contributed by atoms with Gasteiger partial charge in [0.15, 0.2) is 17.8 Å². The van der Waals surface area contributed by atoms with E-state index < -0.39 is 12.4 Å². The number of aliphatic hydroxyl groups is 1. The van der Waals surface area contributed by atoms with Gasteiger partial charge in [-0.2, -0.15) is 5.10 Å². The summed E-state index contributed by atoms with van der Waals surface area (Å²) in [6.07, 6.45) is 2.18. The fourth-order valence-corrected chi connectivity index (χ4v) is 3.68. The van der Waals surface area contributed by atoms with Gasteiger partial charge in [-0.05, 0) is 23.8 Å². The zero-order valence-corrected chi connectivity index (χ0v) is 13.4. The average molecular weight is 345 g/mol. The van der Waals surface area contributed by atoms with Crippen LogP contribution < -0.4 is 14.8 Å². The second-order valence-electron chi connectivity index (χ2n) is 6.44. The Labute approximate surface area is 144 Å². The van der Waals surface area contributed by atoms with Crippen molar-refractivity contribution in [3.8, 4) is 11.5 Å². The highest BCUT2D eigenvalue weighted by molar-refractivity contribution is 5.44. The first-order valence-electron chi connectivity index (χ1n) is 8.36. The van der Waals surface area contributed by atoms with Crippen LogP contribution in [0.1, 0.15) is 11.6 Å². The van der Waals surface area contributed by atoms with Gasteiger partial charge in [0, 0.05) is 18.9 Å². The molecule has 5 atom stereocenters. The summed E-state index contributed by atoms with van der Waals surface area (Å²) in [5, 5.41) is 18.5. The second kappa shape index (κ2) is 5.99. The topological polar surface area (TPSA) is 87.0 Å². The number of rotatable bonds is 4. The number of nitrogens with one attached hydrogen (secondary N) is 1. The molecule has 3 aliphatic rings. The van der Waals surface area contributed by atoms with Crippen molar-refractivity contribution in [3.05, 3.63) is 42.2 Å². The highest BCUT2D eigenvalue weighted by Gasteiger charge is 2.51. The molecule has 0 radical (unpaired) electrons. The van der Waals surface area contributed by atoms with Crippen LogP contribution in [0.25, 0.3) is 0 Å². The molecule has 132 valence electrons. The number of fused-ring (bicyclic) bond motifs is 3. The molecule has 0 spiro atoms. The zero-order chi connectivity index (χ0) is 16.8. The number of aliphatic hydroxyl groups excluding tert-OH is 1. The van der Waals surface area contributed by atoms with Crippen molar-refractivity contribution in [3.63, 3.8) is 0 Å². The maximum absolute atomic E-state index is 10.9. The Morgan fingerprint density at radius 2 is 2.20 bits per heavy atom. The van der Waals surface area contributed by atoms with Crippen LogP contribution in [-0.2, 0) is 16.0 Å². The van der Waals surface area contributed by atoms with Crippen molar-refractivity contribution in [2.45, 2.75) is 37.1 Å². The van der Waals surface area contributed by atoms with Gasteiger partial charge in [-0.3, -0.25) is 4.68 Å². The van der Waals surface area contributed by atoms with Crippen molar-refractivity contribution >= 4 is 0 Å². The summed E-state index contributed by atoms with van der Waals surface area (Å²) in [5.74, 6) is 1.51. The highest BCUT2D eigenvalue weighted by Crippen LogP contribution is 2.36. The van der Waals surface area contributed by atoms with E-state index in [1.807, 2.05) is 30.5 Å². The third kappa shape index (κ3) is 2.58. The van der Waals surface area contributed by atoms with Crippen LogP contribution in [-0.4, -0.2) is 52.8 Å². The fraction of sp³-hybridized carbons (Fsp3) is 0.471. The van der Waals surface area contributed by atoms with Crippen LogP contribution in [0.3, 0.4) is 0 Å². The molecule has 2 N–H and O–H groups in total. The third-order valence-corrected chi connectivity index (χ3v) is 4.94. The van der Waals surface area contributed by atoms with E-state index in [9.17, 15) is 5.11 Å². The maximum Gasteiger partial charge on any atom is 0.231 e. The number of ether oxygens (including phenoxy) is 4. The van der Waals surface area contributed by atoms with Gasteiger partial charge in [0.05, 0.1) is 18.8 Å². The molecule has 8 heteroatoms. The molecule has 0 unspecified atom stereocenters. The summed E-state index contributed by atoms with van der Waals surface area (Å²) < 4.78 is 24.1. The van der Waals surface area contributed by atoms with Gasteiger partial charge in [0.25, 0.3) is 0 Å². The summed E-state index contributed by atoms with van der Waals surface area (Å²) in [6, 6.07) is 7.03. The predicted molar refractivity (Wildman–Crippen MR) is 85.1 cm³/mol. The van der Waals surface area contributed by atoms with Gasteiger partial charge in [0.2, 0.25) is 6.79 Å². The van der Waals surface area contributed by atoms with Crippen LogP contribution in [0.5, 0.6) is 11.5 Å². The van der Waals surface area contributed by atoms with Crippen LogP contribution in [0.2, 0.25) is 0 Å². The van der Waals surface area contributed by atoms with E-state index in [-0.39, 0.29) is 25.0 Å². The number of hydrogen-bond donors (Lipinski definition) is 2. The van der Waals surface area contributed by atoms with Gasteiger partial charge in [-0.15, -0.1) is 0 Å². The molecule has 1 aromatic heterocycles. The van der Waals surface area contributed by atoms with Gasteiger partial charge in [-0.1, -0.05) is 6.07 Å². The Morgan fingerprint density at radius 3 is 3.08 bits per heavy atom. The minimum absolute atomic E-state index is 0.180. The molecular formula is C17H19N3O5. The van der Waals surface area contributed by atoms with Crippen molar-refractivity contribution < 1.29 is 24.1 Å². The van der Waals surface area contributed by atoms with Crippen molar-refractivity contribution in [2.24, 2.45) is 0 Å². The van der Waals surface area contributed by atoms with Crippen LogP contribution in [0.15, 0.2) is 36.7 Å². The molecule has 4 heterocycles. The number of aromatic nitrogens is 2. The van der Waals surface area contributed by atoms with E-state index in [0.717, 1.165) is 17.1 Å². The Kier molecular flexibility index (Phi) is 3.63. The monoisotopic (exact) mass is 345 g/mol. The normalized spacial score (nSPS) is 32.9. The average Bonchev–Trinajstić information content (AvgIpc) is 3.36. The minimum Gasteiger partial charge on any atom is -0.454 e. The van der Waals surface area contributed by atoms with Gasteiger partial charge < -0.3 is 29.4 Å². The van der Waals surface area contributed by atoms with Crippen LogP contribution in [0, 0.1) is 0 Å². The number of hydrogen-bond acceptors (Lipinski definition) is 7. The Morgan fingerprint density at radius 1 is 1.28 bits per heavy atom. The summed E-state index contributed by atoms with van der Waals surface area (Å²) >= 11 is 0. The first-order valence-corrected chi connectivity index (χ1v) is 8.36. The molecule has 25 heavy (non-hydrogen) atoms. The van der Waals surface area contributed by atoms with Gasteiger partial charge >= 0.3 is 0 Å². The fourth-order valence-electron chi connectivity index (χ4n) is 3.68. The molecule has 1 aromatic carbocycles. The molecule has 3 aliphatic heterocycles. The molecule has 8 nitrogen and oxygen atoms in total. The quantitative estimate of drug-likeness (QED) is 0.831. The first kappa shape index (κ1) is 15.2. The molecule has 5 rings (SSSR count). The lowest BCUT2D eigenvalue weighted by Gasteiger charge is -2.38. The lowest BCUT2D eigenvalue weighted by Crippen LogP contribution is -2.57.